The van der Waals surface area contributed by atoms with Gasteiger partial charge in [-0.05, 0) is 13.8 Å². The molecule has 0 saturated carbocycles. The summed E-state index contributed by atoms with van der Waals surface area (Å²) in [6, 6.07) is 0. The van der Waals surface area contributed by atoms with Gasteiger partial charge in [0.05, 0.1) is 0 Å². The van der Waals surface area contributed by atoms with Gasteiger partial charge in [0.1, 0.15) is 12.2 Å². The average Bonchev–Trinajstić information content (AvgIpc) is 2.57. The lowest BCUT2D eigenvalue weighted by Gasteiger charge is -2.22. The fourth-order valence-corrected chi connectivity index (χ4v) is 1.95. The van der Waals surface area contributed by atoms with Crippen LogP contribution in [0.25, 0.3) is 0 Å². The Balaban J connectivity index is 2.19. The van der Waals surface area contributed by atoms with Gasteiger partial charge in [-0.2, -0.15) is 0 Å². The molecule has 0 aromatic heterocycles. The Hall–Kier alpha value is -0.690. The van der Waals surface area contributed by atoms with E-state index in [0.717, 1.165) is 0 Å². The molecule has 4 atom stereocenters. The van der Waals surface area contributed by atoms with Crippen molar-refractivity contribution < 1.29 is 28.8 Å². The molecule has 2 unspecified atom stereocenters. The summed E-state index contributed by atoms with van der Waals surface area (Å²) in [7, 11) is 1.45. The monoisotopic (exact) mass is 218 g/mol. The maximum Gasteiger partial charge on any atom is 0.335 e. The zero-order valence-corrected chi connectivity index (χ0v) is 8.80. The third-order valence-electron chi connectivity index (χ3n) is 2.49. The largest absolute Gasteiger partial charge is 0.479 e. The van der Waals surface area contributed by atoms with Gasteiger partial charge < -0.3 is 24.1 Å². The Bertz CT molecular complexity index is 276. The predicted molar refractivity (Wildman–Crippen MR) is 47.1 cm³/mol. The van der Waals surface area contributed by atoms with Crippen LogP contribution < -0.4 is 0 Å². The van der Waals surface area contributed by atoms with E-state index in [9.17, 15) is 4.79 Å². The molecule has 2 rings (SSSR count). The molecule has 0 amide bonds. The van der Waals surface area contributed by atoms with E-state index in [-0.39, 0.29) is 0 Å². The number of hydrogen-bond acceptors (Lipinski definition) is 5. The van der Waals surface area contributed by atoms with Gasteiger partial charge in [0.2, 0.25) is 0 Å². The summed E-state index contributed by atoms with van der Waals surface area (Å²) >= 11 is 0. The van der Waals surface area contributed by atoms with E-state index < -0.39 is 36.4 Å². The Labute approximate surface area is 87.1 Å². The molecular weight excluding hydrogens is 204 g/mol. The highest BCUT2D eigenvalue weighted by molar-refractivity contribution is 5.73. The summed E-state index contributed by atoms with van der Waals surface area (Å²) in [6.45, 7) is 3.47. The van der Waals surface area contributed by atoms with Crippen LogP contribution in [0.15, 0.2) is 0 Å². The van der Waals surface area contributed by atoms with Crippen LogP contribution in [0, 0.1) is 0 Å². The summed E-state index contributed by atoms with van der Waals surface area (Å²) in [6.07, 6.45) is -2.80. The Morgan fingerprint density at radius 2 is 1.93 bits per heavy atom. The molecule has 1 N–H and O–H groups in total. The molecule has 2 aliphatic rings. The number of carbonyl (C=O) groups is 1. The number of methoxy groups -OCH3 is 1. The smallest absolute Gasteiger partial charge is 0.335 e. The molecule has 6 heteroatoms. The molecule has 2 heterocycles. The van der Waals surface area contributed by atoms with Crippen molar-refractivity contribution in [3.63, 3.8) is 0 Å². The standard InChI is InChI=1S/C9H14O6/c1-9(2)14-4-5(7(10)11)13-8(12-3)6(4)15-9/h4-6,8H,1-3H3,(H,10,11)/t4?,5?,6-,8-/m1/s1. The van der Waals surface area contributed by atoms with Crippen molar-refractivity contribution in [1.29, 1.82) is 0 Å². The Morgan fingerprint density at radius 3 is 2.47 bits per heavy atom. The minimum Gasteiger partial charge on any atom is -0.479 e. The molecule has 2 saturated heterocycles. The highest BCUT2D eigenvalue weighted by Gasteiger charge is 2.57. The van der Waals surface area contributed by atoms with Crippen molar-refractivity contribution in [2.45, 2.75) is 44.2 Å². The number of aliphatic carboxylic acids is 1. The molecule has 15 heavy (non-hydrogen) atoms. The molecule has 2 aliphatic heterocycles. The first-order valence-electron chi connectivity index (χ1n) is 4.71. The number of ether oxygens (including phenoxy) is 4. The fourth-order valence-electron chi connectivity index (χ4n) is 1.95. The highest BCUT2D eigenvalue weighted by atomic mass is 16.8. The van der Waals surface area contributed by atoms with Crippen LogP contribution in [-0.2, 0) is 23.7 Å². The third kappa shape index (κ3) is 1.74. The maximum atomic E-state index is 10.9. The molecule has 6 nitrogen and oxygen atoms in total. The Morgan fingerprint density at radius 1 is 1.33 bits per heavy atom. The van der Waals surface area contributed by atoms with E-state index in [1.165, 1.54) is 7.11 Å². The molecule has 86 valence electrons. The van der Waals surface area contributed by atoms with E-state index >= 15 is 0 Å². The van der Waals surface area contributed by atoms with Crippen molar-refractivity contribution in [3.8, 4) is 0 Å². The normalized spacial score (nSPS) is 42.9. The molecule has 0 radical (unpaired) electrons. The van der Waals surface area contributed by atoms with E-state index in [1.54, 1.807) is 13.8 Å². The number of carboxylic acids is 1. The second-order valence-corrected chi connectivity index (χ2v) is 4.06. The quantitative estimate of drug-likeness (QED) is 0.701. The predicted octanol–water partition coefficient (Wildman–Crippen LogP) is -0.0376. The average molecular weight is 218 g/mol. The minimum absolute atomic E-state index is 0.480. The van der Waals surface area contributed by atoms with Crippen molar-refractivity contribution in [2.24, 2.45) is 0 Å². The second kappa shape index (κ2) is 3.41. The van der Waals surface area contributed by atoms with E-state index in [4.69, 9.17) is 24.1 Å². The van der Waals surface area contributed by atoms with Gasteiger partial charge in [0.15, 0.2) is 18.2 Å². The Kier molecular flexibility index (Phi) is 2.46. The van der Waals surface area contributed by atoms with Crippen LogP contribution in [0.4, 0.5) is 0 Å². The number of hydrogen-bond donors (Lipinski definition) is 1. The lowest BCUT2D eigenvalue weighted by atomic mass is 10.1. The molecule has 0 aromatic rings. The van der Waals surface area contributed by atoms with Gasteiger partial charge in [-0.15, -0.1) is 0 Å². The molecule has 2 fully saturated rings. The highest BCUT2D eigenvalue weighted by Crippen LogP contribution is 2.38. The summed E-state index contributed by atoms with van der Waals surface area (Å²) < 4.78 is 21.2. The minimum atomic E-state index is -1.06. The van der Waals surface area contributed by atoms with Crippen LogP contribution in [-0.4, -0.2) is 48.6 Å². The first-order chi connectivity index (χ1) is 6.94. The van der Waals surface area contributed by atoms with Crippen LogP contribution >= 0.6 is 0 Å². The molecule has 0 aliphatic carbocycles. The maximum absolute atomic E-state index is 10.9. The molecular formula is C9H14O6. The fraction of sp³-hybridized carbons (Fsp3) is 0.889. The van der Waals surface area contributed by atoms with Crippen molar-refractivity contribution in [3.05, 3.63) is 0 Å². The molecule has 0 spiro atoms. The number of carboxylic acid groups (broad SMARTS) is 1. The van der Waals surface area contributed by atoms with Crippen molar-refractivity contribution >= 4 is 5.97 Å². The van der Waals surface area contributed by atoms with Crippen LogP contribution in [0.1, 0.15) is 13.8 Å². The van der Waals surface area contributed by atoms with E-state index in [0.29, 0.717) is 0 Å². The van der Waals surface area contributed by atoms with Gasteiger partial charge in [0, 0.05) is 7.11 Å². The lowest BCUT2D eigenvalue weighted by molar-refractivity contribution is -0.229. The first-order valence-corrected chi connectivity index (χ1v) is 4.71. The number of rotatable bonds is 2. The zero-order valence-electron chi connectivity index (χ0n) is 8.80. The lowest BCUT2D eigenvalue weighted by Crippen LogP contribution is -2.35. The van der Waals surface area contributed by atoms with Crippen LogP contribution in [0.3, 0.4) is 0 Å². The first kappa shape index (κ1) is 10.8. The number of fused-ring (bicyclic) bond motifs is 1. The van der Waals surface area contributed by atoms with Crippen molar-refractivity contribution in [2.75, 3.05) is 7.11 Å². The van der Waals surface area contributed by atoms with Crippen molar-refractivity contribution in [1.82, 2.24) is 0 Å². The summed E-state index contributed by atoms with van der Waals surface area (Å²) in [5, 5.41) is 8.93. The summed E-state index contributed by atoms with van der Waals surface area (Å²) in [5.74, 6) is -1.85. The van der Waals surface area contributed by atoms with Gasteiger partial charge in [-0.1, -0.05) is 0 Å². The van der Waals surface area contributed by atoms with Gasteiger partial charge in [-0.3, -0.25) is 0 Å². The van der Waals surface area contributed by atoms with Gasteiger partial charge in [0.25, 0.3) is 0 Å². The van der Waals surface area contributed by atoms with E-state index in [1.807, 2.05) is 0 Å². The second-order valence-electron chi connectivity index (χ2n) is 4.06. The van der Waals surface area contributed by atoms with Crippen LogP contribution in [0.5, 0.6) is 0 Å². The van der Waals surface area contributed by atoms with Crippen LogP contribution in [0.2, 0.25) is 0 Å². The SMILES string of the molecule is CO[C@@H]1OC(C(=O)O)C2OC(C)(C)O[C@H]21. The topological polar surface area (TPSA) is 74.2 Å². The molecule has 0 bridgehead atoms. The van der Waals surface area contributed by atoms with E-state index in [2.05, 4.69) is 0 Å². The third-order valence-corrected chi connectivity index (χ3v) is 2.49. The zero-order chi connectivity index (χ0) is 11.2. The molecule has 0 aromatic carbocycles. The summed E-state index contributed by atoms with van der Waals surface area (Å²) in [5.41, 5.74) is 0. The van der Waals surface area contributed by atoms with Gasteiger partial charge >= 0.3 is 5.97 Å². The summed E-state index contributed by atoms with van der Waals surface area (Å²) in [4.78, 5) is 10.9. The van der Waals surface area contributed by atoms with Gasteiger partial charge in [-0.25, -0.2) is 4.79 Å².